The number of likely N-dealkylation sites (N-methyl/N-ethyl adjacent to an activating group) is 1. The van der Waals surface area contributed by atoms with Crippen LogP contribution in [-0.4, -0.2) is 70.5 Å². The molecule has 0 N–H and O–H groups in total. The largest absolute Gasteiger partial charge is 0.354 e. The van der Waals surface area contributed by atoms with Gasteiger partial charge in [-0.15, -0.1) is 11.8 Å². The number of carbonyl (C=O) groups is 1. The topological polar surface area (TPSA) is 44.6 Å². The molecule has 0 saturated carbocycles. The Labute approximate surface area is 220 Å². The molecule has 6 nitrogen and oxygen atoms in total. The maximum absolute atomic E-state index is 13.5. The number of aryl methyl sites for hydroxylation is 1. The molecule has 0 spiro atoms. The van der Waals surface area contributed by atoms with Gasteiger partial charge in [0.15, 0.2) is 0 Å². The monoisotopic (exact) mass is 505 g/mol. The minimum Gasteiger partial charge on any atom is -0.354 e. The predicted octanol–water partition coefficient (Wildman–Crippen LogP) is 5.10. The fourth-order valence-electron chi connectivity index (χ4n) is 4.72. The van der Waals surface area contributed by atoms with Crippen molar-refractivity contribution in [1.82, 2.24) is 19.6 Å². The third kappa shape index (κ3) is 6.51. The Bertz CT molecular complexity index is 1110. The number of anilines is 1. The molecule has 0 bridgehead atoms. The molecule has 1 aromatic heterocycles. The number of aromatic nitrogens is 2. The first-order valence-electron chi connectivity index (χ1n) is 13.0. The van der Waals surface area contributed by atoms with Crippen molar-refractivity contribution < 1.29 is 4.79 Å². The van der Waals surface area contributed by atoms with E-state index in [0.717, 1.165) is 66.9 Å². The smallest absolute Gasteiger partial charge is 0.233 e. The van der Waals surface area contributed by atoms with Crippen molar-refractivity contribution in [1.29, 1.82) is 0 Å². The van der Waals surface area contributed by atoms with Crippen LogP contribution in [0.4, 0.5) is 5.82 Å². The Balaban J connectivity index is 1.63. The minimum absolute atomic E-state index is 0.172. The van der Waals surface area contributed by atoms with Crippen molar-refractivity contribution in [2.24, 2.45) is 5.92 Å². The van der Waals surface area contributed by atoms with Gasteiger partial charge in [-0.3, -0.25) is 4.79 Å². The maximum Gasteiger partial charge on any atom is 0.233 e. The van der Waals surface area contributed by atoms with Gasteiger partial charge in [-0.25, -0.2) is 4.68 Å². The molecule has 2 heterocycles. The highest BCUT2D eigenvalue weighted by Crippen LogP contribution is 2.30. The molecule has 0 aliphatic carbocycles. The van der Waals surface area contributed by atoms with E-state index in [0.29, 0.717) is 18.2 Å². The summed E-state index contributed by atoms with van der Waals surface area (Å²) in [5.41, 5.74) is 3.20. The summed E-state index contributed by atoms with van der Waals surface area (Å²) in [5.74, 6) is 2.13. The summed E-state index contributed by atoms with van der Waals surface area (Å²) < 4.78 is 2.09. The van der Waals surface area contributed by atoms with Gasteiger partial charge in [0.1, 0.15) is 5.82 Å². The van der Waals surface area contributed by atoms with Crippen molar-refractivity contribution in [2.75, 3.05) is 49.9 Å². The molecule has 1 aliphatic rings. The SMILES string of the molecule is CCN1CCN(c2c(CN(CC(C)C)C(=O)CSc3ccccc3)c(C)nn2-c2ccccc2)CC1. The van der Waals surface area contributed by atoms with Crippen LogP contribution in [0, 0.1) is 12.8 Å². The van der Waals surface area contributed by atoms with E-state index in [4.69, 9.17) is 5.10 Å². The maximum atomic E-state index is 13.5. The highest BCUT2D eigenvalue weighted by Gasteiger charge is 2.27. The van der Waals surface area contributed by atoms with E-state index >= 15 is 0 Å². The first kappa shape index (κ1) is 26.3. The number of hydrogen-bond acceptors (Lipinski definition) is 5. The molecular formula is C29H39N5OS. The Morgan fingerprint density at radius 3 is 2.25 bits per heavy atom. The average Bonchev–Trinajstić information content (AvgIpc) is 3.23. The quantitative estimate of drug-likeness (QED) is 0.359. The van der Waals surface area contributed by atoms with E-state index in [1.165, 1.54) is 0 Å². The molecule has 1 aliphatic heterocycles. The molecule has 1 saturated heterocycles. The van der Waals surface area contributed by atoms with Crippen LogP contribution in [0.2, 0.25) is 0 Å². The third-order valence-electron chi connectivity index (χ3n) is 6.67. The molecule has 1 fully saturated rings. The van der Waals surface area contributed by atoms with E-state index in [-0.39, 0.29) is 5.91 Å². The summed E-state index contributed by atoms with van der Waals surface area (Å²) in [4.78, 5) is 21.6. The number of benzene rings is 2. The summed E-state index contributed by atoms with van der Waals surface area (Å²) in [5, 5.41) is 5.00. The fourth-order valence-corrected chi connectivity index (χ4v) is 5.54. The Morgan fingerprint density at radius 1 is 1.00 bits per heavy atom. The lowest BCUT2D eigenvalue weighted by atomic mass is 10.1. The van der Waals surface area contributed by atoms with Gasteiger partial charge in [0.2, 0.25) is 5.91 Å². The van der Waals surface area contributed by atoms with Crippen LogP contribution < -0.4 is 4.90 Å². The van der Waals surface area contributed by atoms with Gasteiger partial charge in [0, 0.05) is 43.2 Å². The predicted molar refractivity (Wildman–Crippen MR) is 150 cm³/mol. The number of amides is 1. The van der Waals surface area contributed by atoms with Crippen LogP contribution in [0.3, 0.4) is 0 Å². The Morgan fingerprint density at radius 2 is 1.64 bits per heavy atom. The molecule has 192 valence electrons. The van der Waals surface area contributed by atoms with Gasteiger partial charge in [0.25, 0.3) is 0 Å². The lowest BCUT2D eigenvalue weighted by Crippen LogP contribution is -2.47. The van der Waals surface area contributed by atoms with Gasteiger partial charge in [0.05, 0.1) is 23.7 Å². The van der Waals surface area contributed by atoms with Crippen LogP contribution in [0.25, 0.3) is 5.69 Å². The van der Waals surface area contributed by atoms with Crippen LogP contribution in [-0.2, 0) is 11.3 Å². The summed E-state index contributed by atoms with van der Waals surface area (Å²) in [7, 11) is 0. The van der Waals surface area contributed by atoms with Gasteiger partial charge in [-0.05, 0) is 43.7 Å². The lowest BCUT2D eigenvalue weighted by molar-refractivity contribution is -0.129. The van der Waals surface area contributed by atoms with Crippen LogP contribution in [0.15, 0.2) is 65.6 Å². The molecule has 2 aromatic carbocycles. The molecule has 0 unspecified atom stereocenters. The normalized spacial score (nSPS) is 14.4. The summed E-state index contributed by atoms with van der Waals surface area (Å²) in [6.07, 6.45) is 0. The second-order valence-electron chi connectivity index (χ2n) is 9.83. The Hall–Kier alpha value is -2.77. The standard InChI is InChI=1S/C29H39N5OS/c1-5-31-16-18-32(19-17-31)29-27(24(4)30-34(29)25-12-8-6-9-13-25)21-33(20-23(2)3)28(35)22-36-26-14-10-7-11-15-26/h6-15,23H,5,16-22H2,1-4H3. The molecule has 7 heteroatoms. The number of nitrogens with zero attached hydrogens (tertiary/aromatic N) is 5. The van der Waals surface area contributed by atoms with E-state index in [9.17, 15) is 4.79 Å². The van der Waals surface area contributed by atoms with E-state index in [1.54, 1.807) is 11.8 Å². The number of thioether (sulfide) groups is 1. The summed E-state index contributed by atoms with van der Waals surface area (Å²) in [6, 6.07) is 20.5. The first-order valence-corrected chi connectivity index (χ1v) is 14.0. The molecular weight excluding hydrogens is 466 g/mol. The number of para-hydroxylation sites is 1. The van der Waals surface area contributed by atoms with Crippen molar-refractivity contribution in [3.8, 4) is 5.69 Å². The van der Waals surface area contributed by atoms with Gasteiger partial charge in [-0.2, -0.15) is 5.10 Å². The number of rotatable bonds is 10. The zero-order valence-electron chi connectivity index (χ0n) is 22.1. The van der Waals surface area contributed by atoms with Gasteiger partial charge >= 0.3 is 0 Å². The number of hydrogen-bond donors (Lipinski definition) is 0. The Kier molecular flexibility index (Phi) is 9.10. The second-order valence-corrected chi connectivity index (χ2v) is 10.9. The molecule has 36 heavy (non-hydrogen) atoms. The molecule has 0 atom stereocenters. The second kappa shape index (κ2) is 12.5. The third-order valence-corrected chi connectivity index (χ3v) is 7.67. The van der Waals surface area contributed by atoms with Crippen LogP contribution >= 0.6 is 11.8 Å². The highest BCUT2D eigenvalue weighted by atomic mass is 32.2. The van der Waals surface area contributed by atoms with E-state index in [2.05, 4.69) is 78.6 Å². The minimum atomic E-state index is 0.172. The lowest BCUT2D eigenvalue weighted by Gasteiger charge is -2.36. The average molecular weight is 506 g/mol. The van der Waals surface area contributed by atoms with Crippen molar-refractivity contribution >= 4 is 23.5 Å². The molecule has 4 rings (SSSR count). The number of carbonyl (C=O) groups excluding carboxylic acids is 1. The molecule has 1 amide bonds. The highest BCUT2D eigenvalue weighted by molar-refractivity contribution is 8.00. The summed E-state index contributed by atoms with van der Waals surface area (Å²) in [6.45, 7) is 15.0. The number of piperazine rings is 1. The van der Waals surface area contributed by atoms with Gasteiger partial charge in [-0.1, -0.05) is 57.2 Å². The van der Waals surface area contributed by atoms with Crippen molar-refractivity contribution in [2.45, 2.75) is 39.1 Å². The molecule has 3 aromatic rings. The molecule has 0 radical (unpaired) electrons. The first-order chi connectivity index (χ1) is 17.5. The zero-order valence-corrected chi connectivity index (χ0v) is 22.9. The summed E-state index contributed by atoms with van der Waals surface area (Å²) >= 11 is 1.61. The van der Waals surface area contributed by atoms with E-state index in [1.807, 2.05) is 29.2 Å². The van der Waals surface area contributed by atoms with Crippen molar-refractivity contribution in [3.05, 3.63) is 71.9 Å². The van der Waals surface area contributed by atoms with Crippen LogP contribution in [0.5, 0.6) is 0 Å². The zero-order chi connectivity index (χ0) is 25.5. The fraction of sp³-hybridized carbons (Fsp3) is 0.448. The van der Waals surface area contributed by atoms with Gasteiger partial charge < -0.3 is 14.7 Å². The van der Waals surface area contributed by atoms with Crippen LogP contribution in [0.1, 0.15) is 32.0 Å². The van der Waals surface area contributed by atoms with E-state index < -0.39 is 0 Å². The van der Waals surface area contributed by atoms with Crippen molar-refractivity contribution in [3.63, 3.8) is 0 Å².